The van der Waals surface area contributed by atoms with Crippen molar-refractivity contribution in [1.29, 1.82) is 0 Å². The lowest BCUT2D eigenvalue weighted by molar-refractivity contribution is -0.130. The first-order valence-corrected chi connectivity index (χ1v) is 10.9. The van der Waals surface area contributed by atoms with E-state index in [1.807, 2.05) is 52.0 Å². The number of nitrogens with zero attached hydrogens (tertiary/aromatic N) is 5. The maximum atomic E-state index is 11.5. The summed E-state index contributed by atoms with van der Waals surface area (Å²) in [5.74, 6) is 1.69. The Kier molecular flexibility index (Phi) is 5.56. The van der Waals surface area contributed by atoms with Crippen molar-refractivity contribution in [1.82, 2.24) is 24.2 Å². The van der Waals surface area contributed by atoms with Crippen LogP contribution in [0.3, 0.4) is 0 Å². The van der Waals surface area contributed by atoms with Gasteiger partial charge in [-0.25, -0.2) is 9.97 Å². The maximum absolute atomic E-state index is 11.5. The summed E-state index contributed by atoms with van der Waals surface area (Å²) in [6.45, 7) is 5.84. The number of amides is 1. The van der Waals surface area contributed by atoms with Crippen LogP contribution in [-0.2, 0) is 11.3 Å². The van der Waals surface area contributed by atoms with Gasteiger partial charge >= 0.3 is 0 Å². The van der Waals surface area contributed by atoms with Crippen LogP contribution < -0.4 is 5.32 Å². The second-order valence-corrected chi connectivity index (χ2v) is 8.13. The predicted octanol–water partition coefficient (Wildman–Crippen LogP) is 3.80. The van der Waals surface area contributed by atoms with Gasteiger partial charge in [0.2, 0.25) is 5.91 Å². The molecule has 162 valence electrons. The molecule has 3 aromatic heterocycles. The summed E-state index contributed by atoms with van der Waals surface area (Å²) in [5, 5.41) is 3.34. The number of fused-ring (bicyclic) bond motifs is 1. The van der Waals surface area contributed by atoms with E-state index in [9.17, 15) is 4.79 Å². The summed E-state index contributed by atoms with van der Waals surface area (Å²) < 4.78 is 2.03. The Bertz CT molecular complexity index is 1230. The minimum Gasteiger partial charge on any atom is -0.340 e. The van der Waals surface area contributed by atoms with Crippen LogP contribution in [0.1, 0.15) is 12.5 Å². The van der Waals surface area contributed by atoms with Crippen molar-refractivity contribution < 1.29 is 4.79 Å². The van der Waals surface area contributed by atoms with E-state index >= 15 is 0 Å². The van der Waals surface area contributed by atoms with Gasteiger partial charge in [0, 0.05) is 52.0 Å². The number of hydrogen-bond donors (Lipinski definition) is 1. The zero-order valence-electron chi connectivity index (χ0n) is 18.1. The van der Waals surface area contributed by atoms with Gasteiger partial charge in [0.15, 0.2) is 5.82 Å². The van der Waals surface area contributed by atoms with Crippen molar-refractivity contribution >= 4 is 23.2 Å². The molecule has 5 rings (SSSR count). The third-order valence-electron chi connectivity index (χ3n) is 5.86. The van der Waals surface area contributed by atoms with Gasteiger partial charge in [-0.3, -0.25) is 9.69 Å². The molecule has 1 aromatic carbocycles. The summed E-state index contributed by atoms with van der Waals surface area (Å²) >= 11 is 0. The SMILES string of the molecule is CC(=O)N1CCN(Cc2ccnc(Nc3cn4cc(-c5ccccc5)ccc4n3)c2)CC1. The third kappa shape index (κ3) is 4.48. The number of hydrogen-bond acceptors (Lipinski definition) is 5. The van der Waals surface area contributed by atoms with Crippen LogP contribution in [0.15, 0.2) is 73.2 Å². The Morgan fingerprint density at radius 1 is 0.938 bits per heavy atom. The number of pyridine rings is 2. The molecular formula is C25H26N6O. The highest BCUT2D eigenvalue weighted by Crippen LogP contribution is 2.22. The van der Waals surface area contributed by atoms with Crippen LogP contribution in [0.25, 0.3) is 16.8 Å². The van der Waals surface area contributed by atoms with Crippen molar-refractivity contribution in [2.75, 3.05) is 31.5 Å². The van der Waals surface area contributed by atoms with Gasteiger partial charge in [0.25, 0.3) is 0 Å². The molecule has 4 aromatic rings. The van der Waals surface area contributed by atoms with Crippen molar-refractivity contribution in [3.63, 3.8) is 0 Å². The molecule has 0 spiro atoms. The van der Waals surface area contributed by atoms with Gasteiger partial charge in [-0.05, 0) is 41.0 Å². The molecule has 1 fully saturated rings. The summed E-state index contributed by atoms with van der Waals surface area (Å²) in [6.07, 6.45) is 5.90. The van der Waals surface area contributed by atoms with Gasteiger partial charge in [-0.1, -0.05) is 30.3 Å². The van der Waals surface area contributed by atoms with Gasteiger partial charge in [-0.2, -0.15) is 0 Å². The number of carbonyl (C=O) groups excluding carboxylic acids is 1. The van der Waals surface area contributed by atoms with Crippen LogP contribution in [-0.4, -0.2) is 56.3 Å². The van der Waals surface area contributed by atoms with Crippen molar-refractivity contribution in [2.45, 2.75) is 13.5 Å². The fraction of sp³-hybridized carbons (Fsp3) is 0.240. The summed E-state index contributed by atoms with van der Waals surface area (Å²) in [6, 6.07) is 18.5. The Labute approximate surface area is 187 Å². The number of rotatable bonds is 5. The molecule has 7 nitrogen and oxygen atoms in total. The molecule has 0 radical (unpaired) electrons. The number of piperazine rings is 1. The van der Waals surface area contributed by atoms with E-state index < -0.39 is 0 Å². The molecule has 0 atom stereocenters. The average Bonchev–Trinajstić information content (AvgIpc) is 3.21. The first-order chi connectivity index (χ1) is 15.6. The van der Waals surface area contributed by atoms with Crippen molar-refractivity contribution in [2.24, 2.45) is 0 Å². The zero-order chi connectivity index (χ0) is 21.9. The molecular weight excluding hydrogens is 400 g/mol. The molecule has 1 saturated heterocycles. The molecule has 0 saturated carbocycles. The molecule has 4 heterocycles. The summed E-state index contributed by atoms with van der Waals surface area (Å²) in [7, 11) is 0. The minimum atomic E-state index is 0.156. The number of nitrogens with one attached hydrogen (secondary N) is 1. The molecule has 1 amide bonds. The smallest absolute Gasteiger partial charge is 0.219 e. The van der Waals surface area contributed by atoms with Gasteiger partial charge in [0.1, 0.15) is 11.5 Å². The highest BCUT2D eigenvalue weighted by atomic mass is 16.2. The number of anilines is 2. The van der Waals surface area contributed by atoms with Crippen LogP contribution in [0, 0.1) is 0 Å². The lowest BCUT2D eigenvalue weighted by atomic mass is 10.1. The van der Waals surface area contributed by atoms with Gasteiger partial charge in [0.05, 0.1) is 6.20 Å². The predicted molar refractivity (Wildman–Crippen MR) is 126 cm³/mol. The van der Waals surface area contributed by atoms with E-state index in [2.05, 4.69) is 50.6 Å². The molecule has 0 bridgehead atoms. The fourth-order valence-corrected chi connectivity index (χ4v) is 4.10. The van der Waals surface area contributed by atoms with E-state index in [4.69, 9.17) is 0 Å². The molecule has 1 aliphatic rings. The molecule has 0 unspecified atom stereocenters. The molecule has 1 aliphatic heterocycles. The molecule has 32 heavy (non-hydrogen) atoms. The van der Waals surface area contributed by atoms with Crippen LogP contribution in [0.4, 0.5) is 11.6 Å². The molecule has 7 heteroatoms. The average molecular weight is 427 g/mol. The lowest BCUT2D eigenvalue weighted by Gasteiger charge is -2.34. The normalized spacial score (nSPS) is 14.6. The zero-order valence-corrected chi connectivity index (χ0v) is 18.1. The third-order valence-corrected chi connectivity index (χ3v) is 5.86. The monoisotopic (exact) mass is 426 g/mol. The quantitative estimate of drug-likeness (QED) is 0.526. The minimum absolute atomic E-state index is 0.156. The van der Waals surface area contributed by atoms with Gasteiger partial charge < -0.3 is 14.6 Å². The maximum Gasteiger partial charge on any atom is 0.219 e. The Morgan fingerprint density at radius 2 is 1.75 bits per heavy atom. The Morgan fingerprint density at radius 3 is 2.53 bits per heavy atom. The van der Waals surface area contributed by atoms with E-state index in [1.165, 1.54) is 11.1 Å². The van der Waals surface area contributed by atoms with Crippen molar-refractivity contribution in [3.8, 4) is 11.1 Å². The molecule has 1 N–H and O–H groups in total. The standard InChI is InChI=1S/C25H26N6O/c1-19(32)30-13-11-29(12-14-30)16-20-9-10-26-23(15-20)27-24-18-31-17-22(7-8-25(31)28-24)21-5-3-2-4-6-21/h2-10,15,17-18H,11-14,16H2,1H3,(H,26,27). The lowest BCUT2D eigenvalue weighted by Crippen LogP contribution is -2.47. The number of carbonyl (C=O) groups is 1. The van der Waals surface area contributed by atoms with E-state index in [0.717, 1.165) is 55.6 Å². The van der Waals surface area contributed by atoms with E-state index in [-0.39, 0.29) is 5.91 Å². The summed E-state index contributed by atoms with van der Waals surface area (Å²) in [4.78, 5) is 24.9. The molecule has 0 aliphatic carbocycles. The first-order valence-electron chi connectivity index (χ1n) is 10.9. The van der Waals surface area contributed by atoms with E-state index in [0.29, 0.717) is 0 Å². The second-order valence-electron chi connectivity index (χ2n) is 8.13. The second kappa shape index (κ2) is 8.80. The highest BCUT2D eigenvalue weighted by Gasteiger charge is 2.18. The fourth-order valence-electron chi connectivity index (χ4n) is 4.10. The van der Waals surface area contributed by atoms with Crippen LogP contribution in [0.2, 0.25) is 0 Å². The topological polar surface area (TPSA) is 65.8 Å². The largest absolute Gasteiger partial charge is 0.340 e. The van der Waals surface area contributed by atoms with Crippen LogP contribution >= 0.6 is 0 Å². The first kappa shape index (κ1) is 20.2. The van der Waals surface area contributed by atoms with E-state index in [1.54, 1.807) is 6.92 Å². The number of imidazole rings is 1. The number of benzene rings is 1. The van der Waals surface area contributed by atoms with Crippen molar-refractivity contribution in [3.05, 3.63) is 78.8 Å². The van der Waals surface area contributed by atoms with Gasteiger partial charge in [-0.15, -0.1) is 0 Å². The highest BCUT2D eigenvalue weighted by molar-refractivity contribution is 5.73. The summed E-state index contributed by atoms with van der Waals surface area (Å²) in [5.41, 5.74) is 4.39. The Balaban J connectivity index is 1.28. The number of aromatic nitrogens is 3. The Hall–Kier alpha value is -3.71. The van der Waals surface area contributed by atoms with Crippen LogP contribution in [0.5, 0.6) is 0 Å².